The van der Waals surface area contributed by atoms with Gasteiger partial charge in [0, 0.05) is 27.1 Å². The zero-order valence-corrected chi connectivity index (χ0v) is 12.1. The van der Waals surface area contributed by atoms with Crippen molar-refractivity contribution in [1.82, 2.24) is 9.37 Å². The van der Waals surface area contributed by atoms with E-state index in [4.69, 9.17) is 4.84 Å². The quantitative estimate of drug-likeness (QED) is 0.723. The van der Waals surface area contributed by atoms with Crippen LogP contribution in [0.15, 0.2) is 35.2 Å². The van der Waals surface area contributed by atoms with Gasteiger partial charge in [0.25, 0.3) is 0 Å². The van der Waals surface area contributed by atoms with Gasteiger partial charge in [0.15, 0.2) is 0 Å². The molecule has 0 radical (unpaired) electrons. The molecule has 0 heterocycles. The van der Waals surface area contributed by atoms with E-state index in [9.17, 15) is 13.2 Å². The van der Waals surface area contributed by atoms with Crippen LogP contribution in [-0.2, 0) is 19.7 Å². The van der Waals surface area contributed by atoms with Gasteiger partial charge < -0.3 is 0 Å². The van der Waals surface area contributed by atoms with E-state index in [2.05, 4.69) is 0 Å². The molecule has 0 bridgehead atoms. The van der Waals surface area contributed by atoms with Gasteiger partial charge in [-0.15, -0.1) is 0 Å². The fraction of sp³-hybridized carbons (Fsp3) is 0.417. The molecule has 7 heteroatoms. The Kier molecular flexibility index (Phi) is 5.46. The van der Waals surface area contributed by atoms with Gasteiger partial charge in [0.1, 0.15) is 0 Å². The molecule has 1 aromatic rings. The third-order valence-electron chi connectivity index (χ3n) is 2.72. The number of carbonyl (C=O) groups is 1. The van der Waals surface area contributed by atoms with Crippen LogP contribution in [0.2, 0.25) is 0 Å². The topological polar surface area (TPSA) is 66.9 Å². The van der Waals surface area contributed by atoms with Gasteiger partial charge in [-0.3, -0.25) is 9.63 Å². The van der Waals surface area contributed by atoms with Crippen molar-refractivity contribution in [3.63, 3.8) is 0 Å². The lowest BCUT2D eigenvalue weighted by Crippen LogP contribution is -2.33. The van der Waals surface area contributed by atoms with Gasteiger partial charge in [-0.2, -0.15) is 0 Å². The van der Waals surface area contributed by atoms with Crippen molar-refractivity contribution >= 4 is 15.9 Å². The van der Waals surface area contributed by atoms with Crippen LogP contribution in [0.4, 0.5) is 0 Å². The third kappa shape index (κ3) is 4.02. The first-order chi connectivity index (χ1) is 8.89. The molecule has 0 aliphatic heterocycles. The largest absolute Gasteiger partial charge is 0.275 e. The van der Waals surface area contributed by atoms with Gasteiger partial charge >= 0.3 is 0 Å². The molecule has 106 valence electrons. The van der Waals surface area contributed by atoms with Crippen molar-refractivity contribution in [2.75, 3.05) is 27.7 Å². The van der Waals surface area contributed by atoms with E-state index < -0.39 is 10.0 Å². The van der Waals surface area contributed by atoms with Crippen molar-refractivity contribution in [3.8, 4) is 0 Å². The molecule has 0 aliphatic carbocycles. The van der Waals surface area contributed by atoms with Crippen LogP contribution in [0.5, 0.6) is 0 Å². The van der Waals surface area contributed by atoms with Crippen LogP contribution in [-0.4, -0.2) is 51.4 Å². The molecular formula is C12H18N2O4S. The zero-order chi connectivity index (χ0) is 14.5. The summed E-state index contributed by atoms with van der Waals surface area (Å²) in [6.45, 7) is 0.101. The van der Waals surface area contributed by atoms with E-state index in [1.165, 1.54) is 33.3 Å². The summed E-state index contributed by atoms with van der Waals surface area (Å²) in [6, 6.07) is 8.11. The SMILES string of the molecule is CON(C)C(=O)CCN(C)S(=O)(=O)c1ccccc1. The van der Waals surface area contributed by atoms with Crippen molar-refractivity contribution in [2.24, 2.45) is 0 Å². The number of hydroxylamine groups is 2. The van der Waals surface area contributed by atoms with Crippen LogP contribution in [0, 0.1) is 0 Å². The lowest BCUT2D eigenvalue weighted by atomic mass is 10.4. The molecule has 1 rings (SSSR count). The maximum atomic E-state index is 12.2. The molecule has 19 heavy (non-hydrogen) atoms. The Hall–Kier alpha value is -1.44. The number of nitrogens with zero attached hydrogens (tertiary/aromatic N) is 2. The van der Waals surface area contributed by atoms with Gasteiger partial charge in [0.2, 0.25) is 15.9 Å². The molecule has 0 unspecified atom stereocenters. The summed E-state index contributed by atoms with van der Waals surface area (Å²) >= 11 is 0. The lowest BCUT2D eigenvalue weighted by Gasteiger charge is -2.19. The Bertz CT molecular complexity index is 516. The molecule has 0 spiro atoms. The molecule has 0 saturated carbocycles. The summed E-state index contributed by atoms with van der Waals surface area (Å²) in [4.78, 5) is 16.5. The Morgan fingerprint density at radius 2 is 1.79 bits per heavy atom. The number of rotatable bonds is 6. The lowest BCUT2D eigenvalue weighted by molar-refractivity contribution is -0.168. The second-order valence-corrected chi connectivity index (χ2v) is 6.01. The van der Waals surface area contributed by atoms with Crippen LogP contribution < -0.4 is 0 Å². The zero-order valence-electron chi connectivity index (χ0n) is 11.2. The predicted molar refractivity (Wildman–Crippen MR) is 70.7 cm³/mol. The first-order valence-electron chi connectivity index (χ1n) is 5.71. The monoisotopic (exact) mass is 286 g/mol. The first-order valence-corrected chi connectivity index (χ1v) is 7.15. The van der Waals surface area contributed by atoms with E-state index in [1.54, 1.807) is 18.2 Å². The highest BCUT2D eigenvalue weighted by Crippen LogP contribution is 2.13. The second kappa shape index (κ2) is 6.65. The number of carbonyl (C=O) groups excluding carboxylic acids is 1. The van der Waals surface area contributed by atoms with Gasteiger partial charge in [-0.1, -0.05) is 18.2 Å². The number of hydrogen-bond acceptors (Lipinski definition) is 4. The summed E-state index contributed by atoms with van der Waals surface area (Å²) in [5, 5.41) is 1.07. The average molecular weight is 286 g/mol. The molecule has 1 aromatic carbocycles. The minimum atomic E-state index is -3.55. The van der Waals surface area contributed by atoms with Crippen molar-refractivity contribution in [3.05, 3.63) is 30.3 Å². The molecule has 0 fully saturated rings. The van der Waals surface area contributed by atoms with Crippen molar-refractivity contribution in [1.29, 1.82) is 0 Å². The van der Waals surface area contributed by atoms with Crippen LogP contribution in [0.25, 0.3) is 0 Å². The predicted octanol–water partition coefficient (Wildman–Crippen LogP) is 0.717. The summed E-state index contributed by atoms with van der Waals surface area (Å²) in [5.74, 6) is -0.280. The molecule has 1 amide bonds. The molecule has 0 atom stereocenters. The van der Waals surface area contributed by atoms with Crippen LogP contribution >= 0.6 is 0 Å². The minimum Gasteiger partial charge on any atom is -0.275 e. The molecule has 0 saturated heterocycles. The second-order valence-electron chi connectivity index (χ2n) is 3.96. The van der Waals surface area contributed by atoms with Crippen LogP contribution in [0.1, 0.15) is 6.42 Å². The standard InChI is InChI=1S/C12H18N2O4S/c1-13(10-9-12(15)14(2)18-3)19(16,17)11-7-5-4-6-8-11/h4-8H,9-10H2,1-3H3. The maximum Gasteiger partial charge on any atom is 0.247 e. The number of amides is 1. The van der Waals surface area contributed by atoms with Crippen molar-refractivity contribution < 1.29 is 18.0 Å². The molecular weight excluding hydrogens is 268 g/mol. The van der Waals surface area contributed by atoms with E-state index in [0.717, 1.165) is 9.37 Å². The molecule has 6 nitrogen and oxygen atoms in total. The maximum absolute atomic E-state index is 12.2. The highest BCUT2D eigenvalue weighted by Gasteiger charge is 2.21. The van der Waals surface area contributed by atoms with Crippen molar-refractivity contribution in [2.45, 2.75) is 11.3 Å². The number of hydrogen-bond donors (Lipinski definition) is 0. The fourth-order valence-electron chi connectivity index (χ4n) is 1.40. The van der Waals surface area contributed by atoms with E-state index in [1.807, 2.05) is 0 Å². The smallest absolute Gasteiger partial charge is 0.247 e. The Morgan fingerprint density at radius 3 is 2.32 bits per heavy atom. The Balaban J connectivity index is 2.68. The normalized spacial score (nSPS) is 11.6. The number of sulfonamides is 1. The Morgan fingerprint density at radius 1 is 1.21 bits per heavy atom. The van der Waals surface area contributed by atoms with Crippen LogP contribution in [0.3, 0.4) is 0 Å². The Labute approximate surface area is 113 Å². The van der Waals surface area contributed by atoms with E-state index in [0.29, 0.717) is 0 Å². The molecule has 0 aromatic heterocycles. The summed E-state index contributed by atoms with van der Waals surface area (Å²) < 4.78 is 25.5. The summed E-state index contributed by atoms with van der Waals surface area (Å²) in [7, 11) is 0.759. The van der Waals surface area contributed by atoms with Gasteiger partial charge in [-0.25, -0.2) is 17.8 Å². The highest BCUT2D eigenvalue weighted by atomic mass is 32.2. The highest BCUT2D eigenvalue weighted by molar-refractivity contribution is 7.89. The first kappa shape index (κ1) is 15.6. The van der Waals surface area contributed by atoms with Gasteiger partial charge in [-0.05, 0) is 12.1 Å². The molecule has 0 N–H and O–H groups in total. The summed E-state index contributed by atoms with van der Waals surface area (Å²) in [6.07, 6.45) is 0.0624. The van der Waals surface area contributed by atoms with E-state index in [-0.39, 0.29) is 23.8 Å². The number of benzene rings is 1. The third-order valence-corrected chi connectivity index (χ3v) is 4.59. The fourth-order valence-corrected chi connectivity index (χ4v) is 2.60. The van der Waals surface area contributed by atoms with E-state index >= 15 is 0 Å². The molecule has 0 aliphatic rings. The summed E-state index contributed by atoms with van der Waals surface area (Å²) in [5.41, 5.74) is 0. The minimum absolute atomic E-state index is 0.0624. The van der Waals surface area contributed by atoms with Gasteiger partial charge in [0.05, 0.1) is 12.0 Å². The average Bonchev–Trinajstić information content (AvgIpc) is 2.44.